The Bertz CT molecular complexity index is 753. The highest BCUT2D eigenvalue weighted by molar-refractivity contribution is 7.80. The van der Waals surface area contributed by atoms with Gasteiger partial charge in [-0.15, -0.1) is 11.3 Å². The lowest BCUT2D eigenvalue weighted by Gasteiger charge is -2.26. The van der Waals surface area contributed by atoms with Gasteiger partial charge in [-0.1, -0.05) is 17.7 Å². The third-order valence-corrected chi connectivity index (χ3v) is 5.75. The Labute approximate surface area is 161 Å². The van der Waals surface area contributed by atoms with Gasteiger partial charge in [-0.25, -0.2) is 0 Å². The van der Waals surface area contributed by atoms with Gasteiger partial charge in [0.15, 0.2) is 5.11 Å². The lowest BCUT2D eigenvalue weighted by Crippen LogP contribution is -2.30. The summed E-state index contributed by atoms with van der Waals surface area (Å²) in [5.41, 5.74) is 0.926. The topological polar surface area (TPSA) is 54.5 Å². The van der Waals surface area contributed by atoms with Crippen molar-refractivity contribution in [1.82, 2.24) is 15.2 Å². The summed E-state index contributed by atoms with van der Waals surface area (Å²) in [4.78, 5) is 19.1. The molecule has 25 heavy (non-hydrogen) atoms. The molecular formula is C17H18ClN3O2S2. The van der Waals surface area contributed by atoms with Gasteiger partial charge in [-0.2, -0.15) is 0 Å². The molecule has 0 saturated carbocycles. The quantitative estimate of drug-likeness (QED) is 0.594. The van der Waals surface area contributed by atoms with Crippen LogP contribution in [0, 0.1) is 0 Å². The van der Waals surface area contributed by atoms with Gasteiger partial charge < -0.3 is 15.0 Å². The number of esters is 1. The number of ether oxygens (including phenoxy) is 1. The van der Waals surface area contributed by atoms with Crippen LogP contribution in [0.25, 0.3) is 0 Å². The maximum atomic E-state index is 11.4. The molecule has 0 unspecified atom stereocenters. The number of pyridine rings is 1. The Morgan fingerprint density at radius 3 is 2.92 bits per heavy atom. The van der Waals surface area contributed by atoms with E-state index in [9.17, 15) is 4.79 Å². The van der Waals surface area contributed by atoms with E-state index < -0.39 is 0 Å². The van der Waals surface area contributed by atoms with Gasteiger partial charge in [0.25, 0.3) is 0 Å². The van der Waals surface area contributed by atoms with Gasteiger partial charge in [0.05, 0.1) is 29.2 Å². The molecule has 3 heterocycles. The molecule has 1 aliphatic rings. The first-order valence-electron chi connectivity index (χ1n) is 7.90. The van der Waals surface area contributed by atoms with Crippen LogP contribution in [-0.4, -0.2) is 34.6 Å². The highest BCUT2D eigenvalue weighted by atomic mass is 35.5. The highest BCUT2D eigenvalue weighted by Gasteiger charge is 2.40. The van der Waals surface area contributed by atoms with E-state index in [0.29, 0.717) is 24.5 Å². The second kappa shape index (κ2) is 8.12. The van der Waals surface area contributed by atoms with Crippen molar-refractivity contribution in [2.75, 3.05) is 13.7 Å². The van der Waals surface area contributed by atoms with Crippen molar-refractivity contribution >= 4 is 46.2 Å². The fourth-order valence-corrected chi connectivity index (χ4v) is 4.48. The molecule has 0 bridgehead atoms. The number of carbonyl (C=O) groups is 1. The van der Waals surface area contributed by atoms with E-state index in [1.807, 2.05) is 30.3 Å². The van der Waals surface area contributed by atoms with Crippen molar-refractivity contribution in [1.29, 1.82) is 0 Å². The van der Waals surface area contributed by atoms with Crippen molar-refractivity contribution in [3.63, 3.8) is 0 Å². The molecule has 8 heteroatoms. The van der Waals surface area contributed by atoms with Crippen LogP contribution in [0.4, 0.5) is 0 Å². The third-order valence-electron chi connectivity index (χ3n) is 4.09. The summed E-state index contributed by atoms with van der Waals surface area (Å²) >= 11 is 13.2. The fourth-order valence-electron chi connectivity index (χ4n) is 2.94. The van der Waals surface area contributed by atoms with Crippen LogP contribution in [0.2, 0.25) is 4.34 Å². The van der Waals surface area contributed by atoms with Gasteiger partial charge in [-0.05, 0) is 42.9 Å². The number of aromatic nitrogens is 1. The van der Waals surface area contributed by atoms with Crippen LogP contribution in [-0.2, 0) is 9.53 Å². The molecular weight excluding hydrogens is 378 g/mol. The summed E-state index contributed by atoms with van der Waals surface area (Å²) in [6.07, 6.45) is 2.80. The SMILES string of the molecule is COC(=O)CCCN1C(=S)N[C@H](c2ccccn2)[C@H]1c1ccc(Cl)s1. The highest BCUT2D eigenvalue weighted by Crippen LogP contribution is 2.42. The Kier molecular flexibility index (Phi) is 5.88. The minimum atomic E-state index is -0.213. The number of thiocarbonyl (C=S) groups is 1. The van der Waals surface area contributed by atoms with Crippen LogP contribution in [0.1, 0.15) is 35.5 Å². The van der Waals surface area contributed by atoms with E-state index in [1.165, 1.54) is 18.4 Å². The van der Waals surface area contributed by atoms with Gasteiger partial charge in [0.2, 0.25) is 0 Å². The number of halogens is 1. The number of hydrogen-bond acceptors (Lipinski definition) is 5. The molecule has 2 aromatic heterocycles. The van der Waals surface area contributed by atoms with E-state index in [4.69, 9.17) is 28.6 Å². The zero-order valence-corrected chi connectivity index (χ0v) is 16.0. The Hall–Kier alpha value is -1.70. The minimum Gasteiger partial charge on any atom is -0.469 e. The summed E-state index contributed by atoms with van der Waals surface area (Å²) < 4.78 is 5.45. The molecule has 2 atom stereocenters. The Balaban J connectivity index is 1.85. The largest absolute Gasteiger partial charge is 0.469 e. The fraction of sp³-hybridized carbons (Fsp3) is 0.353. The number of nitrogens with one attached hydrogen (secondary N) is 1. The molecule has 0 radical (unpaired) electrons. The van der Waals surface area contributed by atoms with E-state index in [0.717, 1.165) is 14.9 Å². The zero-order chi connectivity index (χ0) is 17.8. The van der Waals surface area contributed by atoms with Crippen molar-refractivity contribution in [3.05, 3.63) is 51.4 Å². The number of thiophene rings is 1. The van der Waals surface area contributed by atoms with Crippen LogP contribution in [0.15, 0.2) is 36.5 Å². The zero-order valence-electron chi connectivity index (χ0n) is 13.6. The smallest absolute Gasteiger partial charge is 0.305 e. The van der Waals surface area contributed by atoms with Crippen LogP contribution in [0.3, 0.4) is 0 Å². The van der Waals surface area contributed by atoms with Crippen LogP contribution < -0.4 is 5.32 Å². The van der Waals surface area contributed by atoms with E-state index in [-0.39, 0.29) is 18.1 Å². The van der Waals surface area contributed by atoms with E-state index in [2.05, 4.69) is 15.2 Å². The normalized spacial score (nSPS) is 19.8. The molecule has 1 N–H and O–H groups in total. The molecule has 0 spiro atoms. The summed E-state index contributed by atoms with van der Waals surface area (Å²) in [5, 5.41) is 4.03. The second-order valence-corrected chi connectivity index (χ2v) is 7.77. The maximum Gasteiger partial charge on any atom is 0.305 e. The first-order chi connectivity index (χ1) is 12.1. The molecule has 0 amide bonds. The first-order valence-corrected chi connectivity index (χ1v) is 9.50. The molecule has 2 aromatic rings. The van der Waals surface area contributed by atoms with Crippen molar-refractivity contribution in [2.24, 2.45) is 0 Å². The average Bonchev–Trinajstić information content (AvgIpc) is 3.19. The molecule has 0 aromatic carbocycles. The van der Waals surface area contributed by atoms with Gasteiger partial charge in [-0.3, -0.25) is 9.78 Å². The van der Waals surface area contributed by atoms with E-state index in [1.54, 1.807) is 6.20 Å². The molecule has 3 rings (SSSR count). The summed E-state index contributed by atoms with van der Waals surface area (Å²) in [7, 11) is 1.40. The van der Waals surface area contributed by atoms with Crippen LogP contribution >= 0.6 is 35.2 Å². The number of nitrogens with zero attached hydrogens (tertiary/aromatic N) is 2. The number of methoxy groups -OCH3 is 1. The predicted molar refractivity (Wildman–Crippen MR) is 103 cm³/mol. The molecule has 1 aliphatic heterocycles. The summed E-state index contributed by atoms with van der Waals surface area (Å²) in [5.74, 6) is -0.213. The molecule has 0 aliphatic carbocycles. The van der Waals surface area contributed by atoms with Gasteiger partial charge >= 0.3 is 5.97 Å². The number of hydrogen-bond donors (Lipinski definition) is 1. The average molecular weight is 396 g/mol. The third kappa shape index (κ3) is 4.11. The van der Waals surface area contributed by atoms with Crippen molar-refractivity contribution < 1.29 is 9.53 Å². The van der Waals surface area contributed by atoms with Crippen molar-refractivity contribution in [3.8, 4) is 0 Å². The number of carbonyl (C=O) groups excluding carboxylic acids is 1. The van der Waals surface area contributed by atoms with Gasteiger partial charge in [0, 0.05) is 24.0 Å². The predicted octanol–water partition coefficient (Wildman–Crippen LogP) is 3.72. The molecule has 1 fully saturated rings. The Morgan fingerprint density at radius 1 is 1.44 bits per heavy atom. The van der Waals surface area contributed by atoms with Crippen LogP contribution in [0.5, 0.6) is 0 Å². The lowest BCUT2D eigenvalue weighted by atomic mass is 10.0. The van der Waals surface area contributed by atoms with Crippen molar-refractivity contribution in [2.45, 2.75) is 24.9 Å². The molecule has 5 nitrogen and oxygen atoms in total. The Morgan fingerprint density at radius 2 is 2.28 bits per heavy atom. The summed E-state index contributed by atoms with van der Waals surface area (Å²) in [6.45, 7) is 0.657. The van der Waals surface area contributed by atoms with Gasteiger partial charge in [0.1, 0.15) is 0 Å². The monoisotopic (exact) mass is 395 g/mol. The maximum absolute atomic E-state index is 11.4. The lowest BCUT2D eigenvalue weighted by molar-refractivity contribution is -0.140. The standard InChI is InChI=1S/C17H18ClN3O2S2/c1-23-14(22)6-4-10-21-16(12-7-8-13(18)25-12)15(20-17(21)24)11-5-2-3-9-19-11/h2-3,5,7-9,15-16H,4,6,10H2,1H3,(H,20,24)/t15-,16-/m1/s1. The molecule has 132 valence electrons. The second-order valence-electron chi connectivity index (χ2n) is 5.64. The minimum absolute atomic E-state index is 0.00227. The van der Waals surface area contributed by atoms with E-state index >= 15 is 0 Å². The first kappa shape index (κ1) is 18.1. The number of rotatable bonds is 6. The summed E-state index contributed by atoms with van der Waals surface area (Å²) in [6, 6.07) is 9.70. The molecule has 1 saturated heterocycles.